The van der Waals surface area contributed by atoms with E-state index in [1.165, 1.54) is 37.8 Å². The van der Waals surface area contributed by atoms with Crippen molar-refractivity contribution in [2.24, 2.45) is 5.92 Å². The number of aryl methyl sites for hydroxylation is 1. The second-order valence-corrected chi connectivity index (χ2v) is 8.20. The first-order valence-corrected chi connectivity index (χ1v) is 10.5. The summed E-state index contributed by atoms with van der Waals surface area (Å²) >= 11 is 6.29. The standard InChI is InChI=1S/C24H23ClFNO3.Na.H/c1-15-6-10-22(27(15)18-8-9-21(26)19(13-18)24(28)29)20-12-17(25)7-11-23(20)30-14-16-4-2-3-5-16;;/h6-13,16H,2-5,14H2,1H3,(H,28,29);;. The zero-order valence-corrected chi connectivity index (χ0v) is 17.5. The molecule has 4 rings (SSSR count). The van der Waals surface area contributed by atoms with E-state index in [9.17, 15) is 14.3 Å². The van der Waals surface area contributed by atoms with Crippen molar-refractivity contribution in [2.75, 3.05) is 6.61 Å². The molecule has 0 radical (unpaired) electrons. The Morgan fingerprint density at radius 2 is 1.90 bits per heavy atom. The van der Waals surface area contributed by atoms with E-state index < -0.39 is 11.8 Å². The molecular formula is C24H24ClFNNaO3. The van der Waals surface area contributed by atoms with E-state index in [1.807, 2.05) is 35.8 Å². The Bertz CT molecular complexity index is 1090. The van der Waals surface area contributed by atoms with Crippen molar-refractivity contribution in [1.29, 1.82) is 0 Å². The predicted molar refractivity (Wildman–Crippen MR) is 122 cm³/mol. The number of aromatic carboxylic acids is 1. The fourth-order valence-corrected chi connectivity index (χ4v) is 4.29. The Morgan fingerprint density at radius 3 is 2.61 bits per heavy atom. The van der Waals surface area contributed by atoms with Crippen LogP contribution in [-0.2, 0) is 0 Å². The number of hydrogen-bond donors (Lipinski definition) is 1. The van der Waals surface area contributed by atoms with Crippen molar-refractivity contribution < 1.29 is 19.0 Å². The Hall–Kier alpha value is -1.79. The number of halogens is 2. The van der Waals surface area contributed by atoms with Crippen LogP contribution >= 0.6 is 11.6 Å². The van der Waals surface area contributed by atoms with Crippen LogP contribution in [0, 0.1) is 18.7 Å². The van der Waals surface area contributed by atoms with E-state index in [2.05, 4.69) is 0 Å². The molecular weight excluding hydrogens is 428 g/mol. The zero-order valence-electron chi connectivity index (χ0n) is 16.7. The number of hydrogen-bond acceptors (Lipinski definition) is 2. The van der Waals surface area contributed by atoms with Gasteiger partial charge in [0.25, 0.3) is 0 Å². The quantitative estimate of drug-likeness (QED) is 0.477. The fourth-order valence-electron chi connectivity index (χ4n) is 4.12. The summed E-state index contributed by atoms with van der Waals surface area (Å²) in [7, 11) is 0. The normalized spacial score (nSPS) is 13.8. The molecule has 1 aliphatic carbocycles. The van der Waals surface area contributed by atoms with E-state index >= 15 is 0 Å². The SMILES string of the molecule is Cc1ccc(-c2cc(Cl)ccc2OCC2CCCC2)n1-c1ccc(F)c(C(=O)O)c1.[NaH]. The number of rotatable bonds is 6. The fraction of sp³-hybridized carbons (Fsp3) is 0.292. The summed E-state index contributed by atoms with van der Waals surface area (Å²) in [4.78, 5) is 11.4. The van der Waals surface area contributed by atoms with Gasteiger partial charge in [-0.05, 0) is 74.2 Å². The van der Waals surface area contributed by atoms with Gasteiger partial charge in [-0.2, -0.15) is 0 Å². The van der Waals surface area contributed by atoms with E-state index in [1.54, 1.807) is 12.1 Å². The summed E-state index contributed by atoms with van der Waals surface area (Å²) in [6, 6.07) is 13.5. The van der Waals surface area contributed by atoms with Crippen molar-refractivity contribution in [3.05, 3.63) is 70.6 Å². The molecule has 1 aliphatic rings. The predicted octanol–water partition coefficient (Wildman–Crippen LogP) is 5.86. The minimum atomic E-state index is -1.30. The van der Waals surface area contributed by atoms with Gasteiger partial charge in [0.05, 0.1) is 17.9 Å². The van der Waals surface area contributed by atoms with E-state index in [0.29, 0.717) is 23.2 Å². The third kappa shape index (κ3) is 5.17. The zero-order chi connectivity index (χ0) is 21.3. The summed E-state index contributed by atoms with van der Waals surface area (Å²) in [5.41, 5.74) is 2.70. The van der Waals surface area contributed by atoms with Crippen molar-refractivity contribution >= 4 is 47.1 Å². The Morgan fingerprint density at radius 1 is 1.16 bits per heavy atom. The van der Waals surface area contributed by atoms with Crippen LogP contribution in [0.25, 0.3) is 16.9 Å². The van der Waals surface area contributed by atoms with Crippen molar-refractivity contribution in [3.63, 3.8) is 0 Å². The van der Waals surface area contributed by atoms with E-state index in [4.69, 9.17) is 16.3 Å². The van der Waals surface area contributed by atoms with Gasteiger partial charge in [-0.1, -0.05) is 24.4 Å². The molecule has 0 spiro atoms. The van der Waals surface area contributed by atoms with Crippen LogP contribution in [0.4, 0.5) is 4.39 Å². The number of benzene rings is 2. The molecule has 0 amide bonds. The molecule has 1 N–H and O–H groups in total. The van der Waals surface area contributed by atoms with Crippen molar-refractivity contribution in [3.8, 4) is 22.7 Å². The summed E-state index contributed by atoms with van der Waals surface area (Å²) in [5.74, 6) is -0.770. The number of carboxylic acid groups (broad SMARTS) is 1. The maximum absolute atomic E-state index is 13.9. The Kier molecular flexibility index (Phi) is 7.87. The van der Waals surface area contributed by atoms with Crippen LogP contribution in [0.15, 0.2) is 48.5 Å². The molecule has 0 atom stereocenters. The summed E-state index contributed by atoms with van der Waals surface area (Å²) in [5, 5.41) is 9.89. The molecule has 1 saturated carbocycles. The number of carbonyl (C=O) groups is 1. The number of aromatic nitrogens is 1. The summed E-state index contributed by atoms with van der Waals surface area (Å²) in [6.45, 7) is 2.57. The molecule has 1 aromatic heterocycles. The molecule has 1 fully saturated rings. The van der Waals surface area contributed by atoms with Crippen LogP contribution in [0.1, 0.15) is 41.7 Å². The Labute approximate surface area is 208 Å². The van der Waals surface area contributed by atoms with E-state index in [0.717, 1.165) is 22.7 Å². The van der Waals surface area contributed by atoms with Crippen LogP contribution in [0.3, 0.4) is 0 Å². The topological polar surface area (TPSA) is 51.5 Å². The van der Waals surface area contributed by atoms with Gasteiger partial charge >= 0.3 is 35.5 Å². The second kappa shape index (κ2) is 10.2. The molecule has 158 valence electrons. The molecule has 0 unspecified atom stereocenters. The summed E-state index contributed by atoms with van der Waals surface area (Å²) < 4.78 is 22.0. The van der Waals surface area contributed by atoms with Gasteiger partial charge in [-0.15, -0.1) is 0 Å². The number of ether oxygens (including phenoxy) is 1. The van der Waals surface area contributed by atoms with Crippen molar-refractivity contribution in [1.82, 2.24) is 4.57 Å². The molecule has 31 heavy (non-hydrogen) atoms. The molecule has 2 aromatic carbocycles. The summed E-state index contributed by atoms with van der Waals surface area (Å²) in [6.07, 6.45) is 4.87. The van der Waals surface area contributed by atoms with Gasteiger partial charge in [0.2, 0.25) is 0 Å². The first-order chi connectivity index (χ1) is 14.4. The van der Waals surface area contributed by atoms with Crippen molar-refractivity contribution in [2.45, 2.75) is 32.6 Å². The number of nitrogens with zero attached hydrogens (tertiary/aromatic N) is 1. The molecule has 0 saturated heterocycles. The van der Waals surface area contributed by atoms with Gasteiger partial charge in [0.15, 0.2) is 0 Å². The van der Waals surface area contributed by atoms with Crippen LogP contribution in [0.5, 0.6) is 5.75 Å². The van der Waals surface area contributed by atoms with Gasteiger partial charge in [-0.3, -0.25) is 0 Å². The van der Waals surface area contributed by atoms with Gasteiger partial charge in [0, 0.05) is 22.0 Å². The Balaban J connectivity index is 0.00000272. The molecule has 0 aliphatic heterocycles. The monoisotopic (exact) mass is 451 g/mol. The number of carboxylic acids is 1. The second-order valence-electron chi connectivity index (χ2n) is 7.77. The average Bonchev–Trinajstić information content (AvgIpc) is 3.37. The average molecular weight is 452 g/mol. The van der Waals surface area contributed by atoms with E-state index in [-0.39, 0.29) is 35.1 Å². The molecule has 0 bridgehead atoms. The first-order valence-electron chi connectivity index (χ1n) is 10.1. The molecule has 4 nitrogen and oxygen atoms in total. The van der Waals surface area contributed by atoms with Gasteiger partial charge in [0.1, 0.15) is 11.6 Å². The maximum atomic E-state index is 13.9. The molecule has 7 heteroatoms. The minimum absolute atomic E-state index is 0. The van der Waals surface area contributed by atoms with Gasteiger partial charge in [-0.25, -0.2) is 9.18 Å². The third-order valence-electron chi connectivity index (χ3n) is 5.68. The van der Waals surface area contributed by atoms with Crippen LogP contribution < -0.4 is 4.74 Å². The third-order valence-corrected chi connectivity index (χ3v) is 5.92. The first kappa shape index (κ1) is 23.9. The molecule has 1 heterocycles. The van der Waals surface area contributed by atoms with Crippen LogP contribution in [0.2, 0.25) is 5.02 Å². The van der Waals surface area contributed by atoms with Gasteiger partial charge < -0.3 is 14.4 Å². The molecule has 3 aromatic rings. The van der Waals surface area contributed by atoms with Crippen LogP contribution in [-0.4, -0.2) is 51.8 Å².